The Bertz CT molecular complexity index is 634. The molecule has 0 saturated carbocycles. The highest BCUT2D eigenvalue weighted by atomic mass is 35.5. The Morgan fingerprint density at radius 2 is 2.05 bits per heavy atom. The molecule has 5 heteroatoms. The van der Waals surface area contributed by atoms with Gasteiger partial charge in [-0.1, -0.05) is 23.7 Å². The summed E-state index contributed by atoms with van der Waals surface area (Å²) in [7, 11) is 0. The molecular formula is C16H16ClNO2S. The van der Waals surface area contributed by atoms with Gasteiger partial charge in [0.25, 0.3) is 0 Å². The van der Waals surface area contributed by atoms with Crippen molar-refractivity contribution >= 4 is 34.9 Å². The van der Waals surface area contributed by atoms with Crippen LogP contribution in [0.2, 0.25) is 5.02 Å². The Morgan fingerprint density at radius 1 is 1.33 bits per heavy atom. The number of thiophene rings is 1. The second-order valence-corrected chi connectivity index (χ2v) is 6.19. The van der Waals surface area contributed by atoms with Crippen LogP contribution in [0.5, 0.6) is 0 Å². The molecule has 3 nitrogen and oxygen atoms in total. The smallest absolute Gasteiger partial charge is 0.244 e. The lowest BCUT2D eigenvalue weighted by Crippen LogP contribution is -2.33. The van der Waals surface area contributed by atoms with Gasteiger partial charge in [-0.05, 0) is 42.8 Å². The van der Waals surface area contributed by atoms with E-state index in [0.717, 1.165) is 15.3 Å². The van der Waals surface area contributed by atoms with Gasteiger partial charge in [0.05, 0.1) is 6.61 Å². The topological polar surface area (TPSA) is 49.3 Å². The molecule has 0 fully saturated rings. The van der Waals surface area contributed by atoms with Crippen LogP contribution >= 0.6 is 22.9 Å². The van der Waals surface area contributed by atoms with Crippen LogP contribution in [0.3, 0.4) is 0 Å². The van der Waals surface area contributed by atoms with Crippen molar-refractivity contribution in [3.8, 4) is 10.4 Å². The quantitative estimate of drug-likeness (QED) is 0.827. The number of hydrogen-bond acceptors (Lipinski definition) is 3. The molecule has 0 aliphatic carbocycles. The van der Waals surface area contributed by atoms with Crippen molar-refractivity contribution in [1.29, 1.82) is 0 Å². The van der Waals surface area contributed by atoms with E-state index in [1.807, 2.05) is 36.4 Å². The van der Waals surface area contributed by atoms with Gasteiger partial charge < -0.3 is 10.4 Å². The van der Waals surface area contributed by atoms with Gasteiger partial charge in [0, 0.05) is 26.9 Å². The van der Waals surface area contributed by atoms with Crippen LogP contribution in [0.1, 0.15) is 11.8 Å². The molecule has 0 bridgehead atoms. The fraction of sp³-hybridized carbons (Fsp3) is 0.188. The predicted octanol–water partition coefficient (Wildman–Crippen LogP) is 3.58. The molecule has 0 aliphatic heterocycles. The first-order valence-corrected chi connectivity index (χ1v) is 7.73. The Balaban J connectivity index is 2.03. The average Bonchev–Trinajstić information content (AvgIpc) is 2.94. The van der Waals surface area contributed by atoms with Crippen LogP contribution in [0, 0.1) is 0 Å². The molecule has 1 heterocycles. The molecule has 1 aromatic heterocycles. The van der Waals surface area contributed by atoms with E-state index in [-0.39, 0.29) is 18.6 Å². The molecule has 0 saturated heterocycles. The maximum absolute atomic E-state index is 11.6. The van der Waals surface area contributed by atoms with E-state index in [4.69, 9.17) is 16.7 Å². The molecule has 0 aliphatic rings. The highest BCUT2D eigenvalue weighted by molar-refractivity contribution is 7.16. The van der Waals surface area contributed by atoms with Crippen molar-refractivity contribution in [3.63, 3.8) is 0 Å². The first-order valence-electron chi connectivity index (χ1n) is 6.53. The average molecular weight is 322 g/mol. The molecule has 21 heavy (non-hydrogen) atoms. The zero-order valence-electron chi connectivity index (χ0n) is 11.5. The third-order valence-electron chi connectivity index (χ3n) is 2.82. The number of aliphatic hydroxyl groups excluding tert-OH is 1. The largest absolute Gasteiger partial charge is 0.394 e. The van der Waals surface area contributed by atoms with Gasteiger partial charge in [0.15, 0.2) is 0 Å². The number of halogens is 1. The molecule has 1 unspecified atom stereocenters. The zero-order chi connectivity index (χ0) is 15.2. The molecule has 0 radical (unpaired) electrons. The predicted molar refractivity (Wildman–Crippen MR) is 88.5 cm³/mol. The van der Waals surface area contributed by atoms with Crippen molar-refractivity contribution < 1.29 is 9.90 Å². The van der Waals surface area contributed by atoms with Crippen LogP contribution in [-0.2, 0) is 4.79 Å². The summed E-state index contributed by atoms with van der Waals surface area (Å²) in [5, 5.41) is 12.2. The highest BCUT2D eigenvalue weighted by Crippen LogP contribution is 2.29. The number of amides is 1. The number of carbonyl (C=O) groups is 1. The van der Waals surface area contributed by atoms with Crippen molar-refractivity contribution in [1.82, 2.24) is 5.32 Å². The summed E-state index contributed by atoms with van der Waals surface area (Å²) in [6.07, 6.45) is 3.24. The van der Waals surface area contributed by atoms with Gasteiger partial charge >= 0.3 is 0 Å². The molecule has 0 spiro atoms. The van der Waals surface area contributed by atoms with Crippen molar-refractivity contribution in [3.05, 3.63) is 52.4 Å². The van der Waals surface area contributed by atoms with E-state index in [0.29, 0.717) is 5.02 Å². The lowest BCUT2D eigenvalue weighted by molar-refractivity contribution is -0.117. The Hall–Kier alpha value is -1.62. The number of nitrogens with one attached hydrogen (secondary N) is 1. The summed E-state index contributed by atoms with van der Waals surface area (Å²) in [6.45, 7) is 1.68. The maximum atomic E-state index is 11.6. The molecule has 2 rings (SSSR count). The normalized spacial score (nSPS) is 12.5. The van der Waals surface area contributed by atoms with E-state index < -0.39 is 0 Å². The zero-order valence-corrected chi connectivity index (χ0v) is 13.1. The van der Waals surface area contributed by atoms with Gasteiger partial charge in [0.1, 0.15) is 0 Å². The van der Waals surface area contributed by atoms with Crippen molar-refractivity contribution in [2.24, 2.45) is 0 Å². The maximum Gasteiger partial charge on any atom is 0.244 e. The summed E-state index contributed by atoms with van der Waals surface area (Å²) < 4.78 is 0. The Morgan fingerprint density at radius 3 is 2.71 bits per heavy atom. The lowest BCUT2D eigenvalue weighted by atomic mass is 10.2. The van der Waals surface area contributed by atoms with Crippen LogP contribution in [0.25, 0.3) is 16.5 Å². The Kier molecular flexibility index (Phi) is 5.56. The molecule has 2 aromatic rings. The number of benzene rings is 1. The number of rotatable bonds is 5. The van der Waals surface area contributed by atoms with Crippen LogP contribution < -0.4 is 5.32 Å². The van der Waals surface area contributed by atoms with Crippen LogP contribution in [0.4, 0.5) is 0 Å². The number of carbonyl (C=O) groups excluding carboxylic acids is 1. The van der Waals surface area contributed by atoms with Gasteiger partial charge in [-0.2, -0.15) is 0 Å². The fourth-order valence-corrected chi connectivity index (χ4v) is 2.75. The minimum Gasteiger partial charge on any atom is -0.394 e. The van der Waals surface area contributed by atoms with Crippen LogP contribution in [-0.4, -0.2) is 23.7 Å². The molecule has 1 amide bonds. The first-order chi connectivity index (χ1) is 10.1. The second-order valence-electron chi connectivity index (χ2n) is 4.63. The Labute approximate surface area is 132 Å². The second kappa shape index (κ2) is 7.41. The standard InChI is InChI=1S/C16H16ClNO2S/c1-11(10-19)18-16(20)9-7-14-6-8-15(21-14)12-2-4-13(17)5-3-12/h2-9,11,19H,10H2,1H3,(H,18,20)/b9-7+. The van der Waals surface area contributed by atoms with Gasteiger partial charge in [-0.3, -0.25) is 4.79 Å². The van der Waals surface area contributed by atoms with E-state index in [2.05, 4.69) is 5.32 Å². The summed E-state index contributed by atoms with van der Waals surface area (Å²) >= 11 is 7.47. The lowest BCUT2D eigenvalue weighted by Gasteiger charge is -2.07. The molecule has 110 valence electrons. The summed E-state index contributed by atoms with van der Waals surface area (Å²) in [6, 6.07) is 11.4. The van der Waals surface area contributed by atoms with E-state index in [9.17, 15) is 4.79 Å². The number of hydrogen-bond donors (Lipinski definition) is 2. The van der Waals surface area contributed by atoms with Crippen LogP contribution in [0.15, 0.2) is 42.5 Å². The first kappa shape index (κ1) is 15.8. The van der Waals surface area contributed by atoms with Gasteiger partial charge in [0.2, 0.25) is 5.91 Å². The van der Waals surface area contributed by atoms with Crippen molar-refractivity contribution in [2.75, 3.05) is 6.61 Å². The minimum atomic E-state index is -0.241. The molecule has 2 N–H and O–H groups in total. The summed E-state index contributed by atoms with van der Waals surface area (Å²) in [4.78, 5) is 13.7. The third-order valence-corrected chi connectivity index (χ3v) is 4.17. The molecule has 1 aromatic carbocycles. The fourth-order valence-electron chi connectivity index (χ4n) is 1.71. The molecule has 1 atom stereocenters. The van der Waals surface area contributed by atoms with Gasteiger partial charge in [-0.15, -0.1) is 11.3 Å². The van der Waals surface area contributed by atoms with Crippen molar-refractivity contribution in [2.45, 2.75) is 13.0 Å². The third kappa shape index (κ3) is 4.70. The van der Waals surface area contributed by atoms with E-state index >= 15 is 0 Å². The number of aliphatic hydroxyl groups is 1. The van der Waals surface area contributed by atoms with Gasteiger partial charge in [-0.25, -0.2) is 0 Å². The highest BCUT2D eigenvalue weighted by Gasteiger charge is 2.04. The molecular weight excluding hydrogens is 306 g/mol. The minimum absolute atomic E-state index is 0.0701. The SMILES string of the molecule is CC(CO)NC(=O)/C=C/c1ccc(-c2ccc(Cl)cc2)s1. The monoisotopic (exact) mass is 321 g/mol. The van der Waals surface area contributed by atoms with E-state index in [1.54, 1.807) is 24.3 Å². The van der Waals surface area contributed by atoms with E-state index in [1.165, 1.54) is 6.08 Å². The summed E-state index contributed by atoms with van der Waals surface area (Å²) in [5.41, 5.74) is 1.10. The summed E-state index contributed by atoms with van der Waals surface area (Å²) in [5.74, 6) is -0.210.